The van der Waals surface area contributed by atoms with E-state index < -0.39 is 11.2 Å². The molecule has 2 unspecified atom stereocenters. The molecular formula is C48H71BrCl2N6O6. The average Bonchev–Trinajstić information content (AvgIpc) is 3.83. The molecule has 8 rings (SSSR count). The minimum absolute atomic E-state index is 0. The lowest BCUT2D eigenvalue weighted by Gasteiger charge is -2.33. The lowest BCUT2D eigenvalue weighted by molar-refractivity contribution is -0.0367. The van der Waals surface area contributed by atoms with Crippen molar-refractivity contribution in [1.29, 1.82) is 0 Å². The molecule has 0 saturated carbocycles. The number of nitrogens with zero attached hydrogens (tertiary/aromatic N) is 6. The van der Waals surface area contributed by atoms with Crippen molar-refractivity contribution in [1.82, 2.24) is 29.4 Å². The number of carbonyl (C=O) groups excluding carboxylic acids is 2. The van der Waals surface area contributed by atoms with Crippen LogP contribution in [0.4, 0.5) is 9.59 Å². The molecule has 12 nitrogen and oxygen atoms in total. The van der Waals surface area contributed by atoms with Gasteiger partial charge in [0.05, 0.1) is 23.4 Å². The first-order valence-electron chi connectivity index (χ1n) is 21.8. The number of piperidine rings is 2. The lowest BCUT2D eigenvalue weighted by atomic mass is 9.89. The van der Waals surface area contributed by atoms with Gasteiger partial charge in [-0.3, -0.25) is 0 Å². The zero-order valence-corrected chi connectivity index (χ0v) is 39.8. The summed E-state index contributed by atoms with van der Waals surface area (Å²) >= 11 is 16.1. The highest BCUT2D eigenvalue weighted by Crippen LogP contribution is 2.34. The maximum absolute atomic E-state index is 12.3. The Hall–Kier alpha value is -3.36. The normalized spacial score (nSPS) is 19.8. The predicted octanol–water partition coefficient (Wildman–Crippen LogP) is 13.6. The standard InChI is InChI=1S/C23H32ClN3O3.C12H12BrClN2O.C11H19NO2.2CH4/c1-23(2,3)30-22(28)26-9-7-16(8-10-26)12-17-13-18(24)14-20-19(17)15-25-27(20)21-6-4-5-11-29-21;13-10-5-8(14)6-11-9(10)7-15-16(11)12-3-1-2-4-17-12;1-9-5-7-12(8-6-9)10(13)14-11(2,3)4;;/h13-16,21H,4-12H2,1-3H3;5-7,12H,1-4H2;1,5-8H2,2-4H3;2*1H4. The molecule has 2 atom stereocenters. The fraction of sp³-hybridized carbons (Fsp3) is 0.625. The van der Waals surface area contributed by atoms with E-state index in [4.69, 9.17) is 42.1 Å². The number of carbonyl (C=O) groups is 2. The van der Waals surface area contributed by atoms with Crippen LogP contribution < -0.4 is 0 Å². The first-order chi connectivity index (χ1) is 28.9. The molecule has 0 N–H and O–H groups in total. The van der Waals surface area contributed by atoms with Crippen molar-refractivity contribution in [2.24, 2.45) is 5.92 Å². The van der Waals surface area contributed by atoms with Gasteiger partial charge in [0.2, 0.25) is 0 Å². The number of ether oxygens (including phenoxy) is 4. The van der Waals surface area contributed by atoms with E-state index in [1.54, 1.807) is 4.90 Å². The van der Waals surface area contributed by atoms with Crippen LogP contribution in [0.5, 0.6) is 0 Å². The summed E-state index contributed by atoms with van der Waals surface area (Å²) in [5, 5.41) is 12.7. The third-order valence-electron chi connectivity index (χ3n) is 11.2. The molecule has 0 bridgehead atoms. The molecule has 2 aromatic heterocycles. The number of amides is 2. The Morgan fingerprint density at radius 1 is 0.714 bits per heavy atom. The Bertz CT molecular complexity index is 2110. The van der Waals surface area contributed by atoms with Crippen LogP contribution in [-0.4, -0.2) is 92.1 Å². The van der Waals surface area contributed by atoms with Crippen molar-refractivity contribution in [2.45, 2.75) is 151 Å². The van der Waals surface area contributed by atoms with Crippen LogP contribution in [-0.2, 0) is 25.4 Å². The van der Waals surface area contributed by atoms with Crippen molar-refractivity contribution in [3.05, 3.63) is 68.9 Å². The number of halogens is 3. The highest BCUT2D eigenvalue weighted by atomic mass is 79.9. The Balaban J connectivity index is 0.000000224. The molecule has 350 valence electrons. The fourth-order valence-electron chi connectivity index (χ4n) is 8.00. The predicted molar refractivity (Wildman–Crippen MR) is 259 cm³/mol. The molecule has 63 heavy (non-hydrogen) atoms. The van der Waals surface area contributed by atoms with Gasteiger partial charge in [-0.2, -0.15) is 10.2 Å². The van der Waals surface area contributed by atoms with Crippen LogP contribution in [0.15, 0.2) is 53.3 Å². The van der Waals surface area contributed by atoms with Crippen molar-refractivity contribution >= 4 is 73.1 Å². The van der Waals surface area contributed by atoms with Crippen LogP contribution in [0.25, 0.3) is 21.8 Å². The second kappa shape index (κ2) is 23.2. The molecule has 4 fully saturated rings. The smallest absolute Gasteiger partial charge is 0.410 e. The number of benzene rings is 2. The second-order valence-corrected chi connectivity index (χ2v) is 20.2. The monoisotopic (exact) mass is 976 g/mol. The lowest BCUT2D eigenvalue weighted by Crippen LogP contribution is -2.42. The maximum Gasteiger partial charge on any atom is 0.410 e. The van der Waals surface area contributed by atoms with Gasteiger partial charge in [-0.25, -0.2) is 19.0 Å². The van der Waals surface area contributed by atoms with E-state index in [0.717, 1.165) is 135 Å². The molecule has 4 aliphatic rings. The second-order valence-electron chi connectivity index (χ2n) is 18.5. The maximum atomic E-state index is 12.3. The van der Waals surface area contributed by atoms with Crippen molar-refractivity contribution in [3.8, 4) is 0 Å². The fourth-order valence-corrected chi connectivity index (χ4v) is 9.13. The van der Waals surface area contributed by atoms with E-state index in [9.17, 15) is 9.59 Å². The van der Waals surface area contributed by atoms with Gasteiger partial charge in [-0.05, 0) is 164 Å². The number of likely N-dealkylation sites (tertiary alicyclic amines) is 2. The minimum Gasteiger partial charge on any atom is -0.444 e. The first-order valence-corrected chi connectivity index (χ1v) is 23.3. The summed E-state index contributed by atoms with van der Waals surface area (Å²) in [6.07, 6.45) is 14.7. The highest BCUT2D eigenvalue weighted by Gasteiger charge is 2.29. The van der Waals surface area contributed by atoms with Gasteiger partial charge in [0.15, 0.2) is 12.5 Å². The van der Waals surface area contributed by atoms with Crippen LogP contribution >= 0.6 is 39.1 Å². The quantitative estimate of drug-likeness (QED) is 0.186. The summed E-state index contributed by atoms with van der Waals surface area (Å²) < 4.78 is 27.4. The molecule has 2 amide bonds. The largest absolute Gasteiger partial charge is 0.444 e. The van der Waals surface area contributed by atoms with E-state index in [1.807, 2.05) is 86.4 Å². The zero-order valence-electron chi connectivity index (χ0n) is 36.7. The number of fused-ring (bicyclic) bond motifs is 2. The number of rotatable bonds is 4. The van der Waals surface area contributed by atoms with Crippen LogP contribution in [0.3, 0.4) is 0 Å². The third kappa shape index (κ3) is 14.8. The Kier molecular flexibility index (Phi) is 19.2. The van der Waals surface area contributed by atoms with Gasteiger partial charge in [0.1, 0.15) is 11.2 Å². The molecule has 2 aromatic carbocycles. The molecule has 4 aliphatic heterocycles. The van der Waals surface area contributed by atoms with Crippen molar-refractivity contribution in [3.63, 3.8) is 0 Å². The summed E-state index contributed by atoms with van der Waals surface area (Å²) in [7, 11) is 0. The Morgan fingerprint density at radius 3 is 1.65 bits per heavy atom. The summed E-state index contributed by atoms with van der Waals surface area (Å²) in [6.45, 7) is 19.8. The molecule has 4 saturated heterocycles. The molecule has 0 radical (unpaired) electrons. The SMILES string of the molecule is C.C.C=C1CCN(C(=O)OC(C)(C)C)CC1.CC(C)(C)OC(=O)N1CCC(Cc2cc(Cl)cc3c2cnn3C2CCCCO2)CC1.Clc1cc(Br)c2cnn(C3CCCCO3)c2c1. The van der Waals surface area contributed by atoms with Gasteiger partial charge < -0.3 is 28.7 Å². The molecule has 15 heteroatoms. The summed E-state index contributed by atoms with van der Waals surface area (Å²) in [6, 6.07) is 7.89. The summed E-state index contributed by atoms with van der Waals surface area (Å²) in [5.41, 5.74) is 3.68. The van der Waals surface area contributed by atoms with E-state index in [-0.39, 0.29) is 39.5 Å². The van der Waals surface area contributed by atoms with Gasteiger partial charge in [-0.1, -0.05) is 50.2 Å². The van der Waals surface area contributed by atoms with Crippen LogP contribution in [0.1, 0.15) is 139 Å². The number of aromatic nitrogens is 4. The van der Waals surface area contributed by atoms with Gasteiger partial charge in [0, 0.05) is 64.7 Å². The molecule has 6 heterocycles. The Morgan fingerprint density at radius 2 is 1.17 bits per heavy atom. The van der Waals surface area contributed by atoms with E-state index in [1.165, 1.54) is 17.6 Å². The van der Waals surface area contributed by atoms with E-state index >= 15 is 0 Å². The van der Waals surface area contributed by atoms with Gasteiger partial charge in [0.25, 0.3) is 0 Å². The average molecular weight is 979 g/mol. The molecule has 0 spiro atoms. The van der Waals surface area contributed by atoms with Crippen LogP contribution in [0.2, 0.25) is 10.0 Å². The summed E-state index contributed by atoms with van der Waals surface area (Å²) in [4.78, 5) is 27.5. The zero-order chi connectivity index (χ0) is 43.9. The van der Waals surface area contributed by atoms with Crippen molar-refractivity contribution < 1.29 is 28.5 Å². The molecule has 0 aliphatic carbocycles. The Labute approximate surface area is 394 Å². The number of hydrogen-bond acceptors (Lipinski definition) is 8. The van der Waals surface area contributed by atoms with E-state index in [0.29, 0.717) is 10.9 Å². The number of hydrogen-bond donors (Lipinski definition) is 0. The molecule has 4 aromatic rings. The van der Waals surface area contributed by atoms with Crippen LogP contribution in [0, 0.1) is 5.92 Å². The third-order valence-corrected chi connectivity index (χ3v) is 12.2. The van der Waals surface area contributed by atoms with Crippen molar-refractivity contribution in [2.75, 3.05) is 39.4 Å². The first kappa shape index (κ1) is 52.3. The highest BCUT2D eigenvalue weighted by molar-refractivity contribution is 9.10. The van der Waals surface area contributed by atoms with Gasteiger partial charge in [-0.15, -0.1) is 0 Å². The molecular weight excluding hydrogens is 907 g/mol. The summed E-state index contributed by atoms with van der Waals surface area (Å²) in [5.74, 6) is 0.514. The minimum atomic E-state index is -0.456. The topological polar surface area (TPSA) is 113 Å². The van der Waals surface area contributed by atoms with E-state index in [2.05, 4.69) is 38.8 Å². The van der Waals surface area contributed by atoms with Gasteiger partial charge >= 0.3 is 12.2 Å².